The summed E-state index contributed by atoms with van der Waals surface area (Å²) in [4.78, 5) is 3.55. The number of aryl methyl sites for hydroxylation is 1. The molecule has 4 heteroatoms. The average Bonchev–Trinajstić information content (AvgIpc) is 2.93. The van der Waals surface area contributed by atoms with Gasteiger partial charge in [0.05, 0.1) is 23.2 Å². The number of anilines is 1. The topological polar surface area (TPSA) is 16.4 Å². The number of methoxy groups -OCH3 is 1. The van der Waals surface area contributed by atoms with E-state index in [2.05, 4.69) is 78.3 Å². The number of benzene rings is 2. The van der Waals surface area contributed by atoms with E-state index in [1.165, 1.54) is 32.1 Å². The first-order chi connectivity index (χ1) is 11.7. The van der Waals surface area contributed by atoms with E-state index in [-0.39, 0.29) is 0 Å². The number of nitrogens with zero attached hydrogens (tertiary/aromatic N) is 2. The maximum absolute atomic E-state index is 5.41. The van der Waals surface area contributed by atoms with Crippen LogP contribution in [-0.2, 0) is 7.05 Å². The van der Waals surface area contributed by atoms with E-state index in [4.69, 9.17) is 4.74 Å². The van der Waals surface area contributed by atoms with Gasteiger partial charge in [-0.2, -0.15) is 0 Å². The first-order valence-electron chi connectivity index (χ1n) is 7.86. The number of aromatic nitrogens is 1. The van der Waals surface area contributed by atoms with Gasteiger partial charge in [0.15, 0.2) is 6.20 Å². The van der Waals surface area contributed by atoms with Crippen LogP contribution in [0, 0.1) is 0 Å². The second kappa shape index (κ2) is 5.87. The summed E-state index contributed by atoms with van der Waals surface area (Å²) < 4.78 is 7.55. The average molecular weight is 335 g/mol. The fourth-order valence-corrected chi connectivity index (χ4v) is 4.15. The van der Waals surface area contributed by atoms with Crippen molar-refractivity contribution >= 4 is 34.4 Å². The van der Waals surface area contributed by atoms with Crippen molar-refractivity contribution in [1.82, 2.24) is 0 Å². The Labute approximate surface area is 146 Å². The smallest absolute Gasteiger partial charge is 0.213 e. The predicted molar refractivity (Wildman–Crippen MR) is 100 cm³/mol. The van der Waals surface area contributed by atoms with Crippen LogP contribution in [0.4, 0.5) is 5.69 Å². The summed E-state index contributed by atoms with van der Waals surface area (Å²) in [5, 5.41) is 2.42. The number of ether oxygens (including phenoxy) is 1. The normalized spacial score (nSPS) is 15.1. The predicted octanol–water partition coefficient (Wildman–Crippen LogP) is 4.21. The zero-order chi connectivity index (χ0) is 16.7. The minimum absolute atomic E-state index is 0.879. The highest BCUT2D eigenvalue weighted by Gasteiger charge is 2.22. The van der Waals surface area contributed by atoms with Crippen LogP contribution in [0.15, 0.2) is 64.7 Å². The van der Waals surface area contributed by atoms with Crippen molar-refractivity contribution in [2.45, 2.75) is 4.90 Å². The van der Waals surface area contributed by atoms with Crippen molar-refractivity contribution in [3.8, 4) is 5.75 Å². The summed E-state index contributed by atoms with van der Waals surface area (Å²) in [6, 6.07) is 16.9. The van der Waals surface area contributed by atoms with Crippen LogP contribution in [0.3, 0.4) is 0 Å². The molecule has 3 nitrogen and oxygen atoms in total. The van der Waals surface area contributed by atoms with Crippen LogP contribution >= 0.6 is 11.8 Å². The van der Waals surface area contributed by atoms with E-state index < -0.39 is 0 Å². The summed E-state index contributed by atoms with van der Waals surface area (Å²) in [7, 11) is 5.90. The van der Waals surface area contributed by atoms with E-state index in [0.29, 0.717) is 0 Å². The lowest BCUT2D eigenvalue weighted by Crippen LogP contribution is -2.28. The van der Waals surface area contributed by atoms with Crippen molar-refractivity contribution in [2.24, 2.45) is 7.05 Å². The van der Waals surface area contributed by atoms with Gasteiger partial charge in [0.1, 0.15) is 12.8 Å². The van der Waals surface area contributed by atoms with Crippen LogP contribution < -0.4 is 14.2 Å². The molecule has 0 saturated carbocycles. The summed E-state index contributed by atoms with van der Waals surface area (Å²) in [5.74, 6) is 0.879. The Morgan fingerprint density at radius 2 is 1.96 bits per heavy atom. The summed E-state index contributed by atoms with van der Waals surface area (Å²) >= 11 is 1.81. The van der Waals surface area contributed by atoms with E-state index in [1.54, 1.807) is 7.11 Å². The second-order valence-corrected chi connectivity index (χ2v) is 6.94. The summed E-state index contributed by atoms with van der Waals surface area (Å²) in [5.41, 5.74) is 3.65. The minimum atomic E-state index is 0.879. The highest BCUT2D eigenvalue weighted by molar-refractivity contribution is 8.03. The van der Waals surface area contributed by atoms with Gasteiger partial charge in [-0.05, 0) is 35.9 Å². The van der Waals surface area contributed by atoms with E-state index in [1.807, 2.05) is 17.8 Å². The van der Waals surface area contributed by atoms with Gasteiger partial charge in [-0.25, -0.2) is 4.57 Å². The highest BCUT2D eigenvalue weighted by atomic mass is 32.2. The molecule has 120 valence electrons. The number of fused-ring (bicyclic) bond motifs is 2. The molecule has 24 heavy (non-hydrogen) atoms. The molecule has 0 radical (unpaired) electrons. The maximum atomic E-state index is 5.41. The van der Waals surface area contributed by atoms with Crippen molar-refractivity contribution in [2.75, 3.05) is 19.1 Å². The molecule has 0 unspecified atom stereocenters. The third kappa shape index (κ3) is 2.43. The number of para-hydroxylation sites is 1. The van der Waals surface area contributed by atoms with Gasteiger partial charge in [0.25, 0.3) is 0 Å². The Balaban J connectivity index is 1.85. The second-order valence-electron chi connectivity index (χ2n) is 5.88. The Morgan fingerprint density at radius 1 is 1.12 bits per heavy atom. The van der Waals surface area contributed by atoms with Gasteiger partial charge < -0.3 is 9.64 Å². The summed E-state index contributed by atoms with van der Waals surface area (Å²) in [6.07, 6.45) is 4.36. The molecule has 3 aromatic rings. The molecular formula is C20H19N2OS+. The standard InChI is InChI=1S/C20H19N2OS/c1-21-11-10-14(16-13-15(23-3)8-9-17(16)21)12-20-22(2)18-6-4-5-7-19(18)24-20/h4-13H,1-3H3/q+1. The van der Waals surface area contributed by atoms with Gasteiger partial charge in [0, 0.05) is 24.1 Å². The lowest BCUT2D eigenvalue weighted by molar-refractivity contribution is -0.644. The lowest BCUT2D eigenvalue weighted by Gasteiger charge is -2.13. The third-order valence-electron chi connectivity index (χ3n) is 4.42. The molecule has 0 bridgehead atoms. The molecule has 0 amide bonds. The third-order valence-corrected chi connectivity index (χ3v) is 5.59. The molecule has 0 N–H and O–H groups in total. The molecule has 1 aliphatic heterocycles. The Kier molecular flexibility index (Phi) is 3.69. The molecule has 1 aliphatic rings. The van der Waals surface area contributed by atoms with Crippen LogP contribution in [0.25, 0.3) is 17.0 Å². The first-order valence-corrected chi connectivity index (χ1v) is 8.68. The number of hydrogen-bond donors (Lipinski definition) is 0. The fraction of sp³-hybridized carbons (Fsp3) is 0.150. The highest BCUT2D eigenvalue weighted by Crippen LogP contribution is 2.45. The molecule has 0 fully saturated rings. The minimum Gasteiger partial charge on any atom is -0.497 e. The zero-order valence-corrected chi connectivity index (χ0v) is 14.8. The molecule has 0 spiro atoms. The Bertz CT molecular complexity index is 965. The molecule has 0 saturated heterocycles. The van der Waals surface area contributed by atoms with Gasteiger partial charge in [-0.15, -0.1) is 0 Å². The van der Waals surface area contributed by atoms with Gasteiger partial charge in [0.2, 0.25) is 5.52 Å². The maximum Gasteiger partial charge on any atom is 0.213 e. The molecule has 0 atom stereocenters. The Hall–Kier alpha value is -2.46. The SMILES string of the molecule is COc1ccc2c(c1)c(/C=C1\Sc3ccccc3N1C)cc[n+]2C. The van der Waals surface area contributed by atoms with Gasteiger partial charge >= 0.3 is 0 Å². The van der Waals surface area contributed by atoms with E-state index in [9.17, 15) is 0 Å². The lowest BCUT2D eigenvalue weighted by atomic mass is 10.1. The summed E-state index contributed by atoms with van der Waals surface area (Å²) in [6.45, 7) is 0. The van der Waals surface area contributed by atoms with Crippen molar-refractivity contribution in [3.63, 3.8) is 0 Å². The monoisotopic (exact) mass is 335 g/mol. The molecule has 2 aromatic carbocycles. The van der Waals surface area contributed by atoms with Crippen LogP contribution in [0.2, 0.25) is 0 Å². The van der Waals surface area contributed by atoms with Crippen molar-refractivity contribution < 1.29 is 9.30 Å². The molecule has 0 aliphatic carbocycles. The van der Waals surface area contributed by atoms with Crippen molar-refractivity contribution in [3.05, 3.63) is 65.3 Å². The largest absolute Gasteiger partial charge is 0.497 e. The number of thioether (sulfide) groups is 1. The number of pyridine rings is 1. The van der Waals surface area contributed by atoms with Crippen LogP contribution in [-0.4, -0.2) is 14.2 Å². The van der Waals surface area contributed by atoms with Crippen LogP contribution in [0.5, 0.6) is 5.75 Å². The number of rotatable bonds is 2. The van der Waals surface area contributed by atoms with Gasteiger partial charge in [-0.3, -0.25) is 0 Å². The quantitative estimate of drug-likeness (QED) is 0.653. The first kappa shape index (κ1) is 15.1. The molecule has 1 aromatic heterocycles. The van der Waals surface area contributed by atoms with Crippen molar-refractivity contribution in [1.29, 1.82) is 0 Å². The number of hydrogen-bond acceptors (Lipinski definition) is 3. The molecule has 4 rings (SSSR count). The van der Waals surface area contributed by atoms with E-state index >= 15 is 0 Å². The Morgan fingerprint density at radius 3 is 2.75 bits per heavy atom. The van der Waals surface area contributed by atoms with Crippen LogP contribution in [0.1, 0.15) is 5.56 Å². The molecule has 2 heterocycles. The fourth-order valence-electron chi connectivity index (χ4n) is 3.05. The van der Waals surface area contributed by atoms with E-state index in [0.717, 1.165) is 5.75 Å². The van der Waals surface area contributed by atoms with Gasteiger partial charge in [-0.1, -0.05) is 23.9 Å². The zero-order valence-electron chi connectivity index (χ0n) is 14.0. The molecular weight excluding hydrogens is 316 g/mol.